The number of hydrogen-bond donors (Lipinski definition) is 1. The molecule has 102 valence electrons. The third-order valence-corrected chi connectivity index (χ3v) is 2.91. The van der Waals surface area contributed by atoms with E-state index in [1.165, 1.54) is 0 Å². The zero-order valence-corrected chi connectivity index (χ0v) is 11.5. The molecule has 0 radical (unpaired) electrons. The Labute approximate surface area is 116 Å². The standard InChI is InChI=1S/C12H15ClN4O2/c1-17-7-15-16-11(17)6-19-12-8(5-14)3-9(13)4-10(12)18-2/h3-4,7H,5-6,14H2,1-2H3. The van der Waals surface area contributed by atoms with Gasteiger partial charge in [-0.05, 0) is 6.07 Å². The van der Waals surface area contributed by atoms with Crippen molar-refractivity contribution < 1.29 is 9.47 Å². The monoisotopic (exact) mass is 282 g/mol. The summed E-state index contributed by atoms with van der Waals surface area (Å²) in [6.45, 7) is 0.590. The molecule has 2 N–H and O–H groups in total. The molecule has 19 heavy (non-hydrogen) atoms. The SMILES string of the molecule is COc1cc(Cl)cc(CN)c1OCc1nncn1C. The Morgan fingerprint density at radius 2 is 2.21 bits per heavy atom. The fourth-order valence-electron chi connectivity index (χ4n) is 1.66. The van der Waals surface area contributed by atoms with Gasteiger partial charge in [-0.3, -0.25) is 0 Å². The van der Waals surface area contributed by atoms with Gasteiger partial charge in [0.15, 0.2) is 17.3 Å². The Balaban J connectivity index is 2.26. The minimum absolute atomic E-state index is 0.279. The second-order valence-corrected chi connectivity index (χ2v) is 4.38. The Hall–Kier alpha value is -1.79. The number of hydrogen-bond acceptors (Lipinski definition) is 5. The molecular formula is C12H15ClN4O2. The van der Waals surface area contributed by atoms with Crippen LogP contribution in [0.25, 0.3) is 0 Å². The lowest BCUT2D eigenvalue weighted by Gasteiger charge is -2.14. The lowest BCUT2D eigenvalue weighted by molar-refractivity contribution is 0.270. The van der Waals surface area contributed by atoms with Crippen molar-refractivity contribution in [2.75, 3.05) is 7.11 Å². The largest absolute Gasteiger partial charge is 0.493 e. The maximum absolute atomic E-state index is 5.99. The minimum atomic E-state index is 0.279. The van der Waals surface area contributed by atoms with Crippen molar-refractivity contribution >= 4 is 11.6 Å². The van der Waals surface area contributed by atoms with Crippen LogP contribution in [0.4, 0.5) is 0 Å². The van der Waals surface area contributed by atoms with Crippen LogP contribution in [0.3, 0.4) is 0 Å². The summed E-state index contributed by atoms with van der Waals surface area (Å²) in [6.07, 6.45) is 1.61. The van der Waals surface area contributed by atoms with E-state index in [-0.39, 0.29) is 6.61 Å². The van der Waals surface area contributed by atoms with E-state index in [0.29, 0.717) is 28.9 Å². The van der Waals surface area contributed by atoms with E-state index >= 15 is 0 Å². The van der Waals surface area contributed by atoms with Gasteiger partial charge in [0.05, 0.1) is 7.11 Å². The number of nitrogens with two attached hydrogens (primary N) is 1. The van der Waals surface area contributed by atoms with Crippen LogP contribution in [0.1, 0.15) is 11.4 Å². The van der Waals surface area contributed by atoms with E-state index in [2.05, 4.69) is 10.2 Å². The van der Waals surface area contributed by atoms with E-state index in [0.717, 1.165) is 5.56 Å². The highest BCUT2D eigenvalue weighted by atomic mass is 35.5. The average Bonchev–Trinajstić information content (AvgIpc) is 2.81. The molecule has 0 saturated heterocycles. The van der Waals surface area contributed by atoms with Gasteiger partial charge in [-0.2, -0.15) is 0 Å². The van der Waals surface area contributed by atoms with Crippen LogP contribution in [0.5, 0.6) is 11.5 Å². The summed E-state index contributed by atoms with van der Waals surface area (Å²) in [5.74, 6) is 1.84. The highest BCUT2D eigenvalue weighted by Gasteiger charge is 2.13. The molecule has 1 aromatic carbocycles. The molecular weight excluding hydrogens is 268 g/mol. The normalized spacial score (nSPS) is 10.5. The van der Waals surface area contributed by atoms with E-state index in [1.807, 2.05) is 7.05 Å². The van der Waals surface area contributed by atoms with Crippen LogP contribution in [-0.2, 0) is 20.2 Å². The van der Waals surface area contributed by atoms with Gasteiger partial charge in [0.2, 0.25) is 0 Å². The molecule has 0 aliphatic heterocycles. The molecule has 0 amide bonds. The summed E-state index contributed by atoms with van der Waals surface area (Å²) in [5, 5.41) is 8.30. The molecule has 0 bridgehead atoms. The van der Waals surface area contributed by atoms with E-state index in [4.69, 9.17) is 26.8 Å². The van der Waals surface area contributed by atoms with Crippen molar-refractivity contribution in [3.8, 4) is 11.5 Å². The van der Waals surface area contributed by atoms with Gasteiger partial charge in [-0.1, -0.05) is 11.6 Å². The van der Waals surface area contributed by atoms with Crippen molar-refractivity contribution in [2.24, 2.45) is 12.8 Å². The molecule has 1 heterocycles. The first kappa shape index (κ1) is 13.6. The molecule has 0 spiro atoms. The fourth-order valence-corrected chi connectivity index (χ4v) is 1.90. The van der Waals surface area contributed by atoms with Gasteiger partial charge in [0.25, 0.3) is 0 Å². The zero-order chi connectivity index (χ0) is 13.8. The summed E-state index contributed by atoms with van der Waals surface area (Å²) in [6, 6.07) is 3.45. The number of aromatic nitrogens is 3. The summed E-state index contributed by atoms with van der Waals surface area (Å²) in [7, 11) is 3.41. The Kier molecular flexibility index (Phi) is 4.24. The van der Waals surface area contributed by atoms with Crippen molar-refractivity contribution in [1.29, 1.82) is 0 Å². The maximum Gasteiger partial charge on any atom is 0.170 e. The third-order valence-electron chi connectivity index (χ3n) is 2.69. The topological polar surface area (TPSA) is 75.2 Å². The number of ether oxygens (including phenoxy) is 2. The maximum atomic E-state index is 5.99. The number of halogens is 1. The van der Waals surface area contributed by atoms with Crippen molar-refractivity contribution in [2.45, 2.75) is 13.2 Å². The molecule has 2 rings (SSSR count). The van der Waals surface area contributed by atoms with Crippen LogP contribution in [0.2, 0.25) is 5.02 Å². The van der Waals surface area contributed by atoms with E-state index < -0.39 is 0 Å². The fraction of sp³-hybridized carbons (Fsp3) is 0.333. The summed E-state index contributed by atoms with van der Waals surface area (Å²) in [5.41, 5.74) is 6.48. The highest BCUT2D eigenvalue weighted by Crippen LogP contribution is 2.34. The van der Waals surface area contributed by atoms with Crippen molar-refractivity contribution in [3.63, 3.8) is 0 Å². The number of nitrogens with zero attached hydrogens (tertiary/aromatic N) is 3. The van der Waals surface area contributed by atoms with E-state index in [9.17, 15) is 0 Å². The van der Waals surface area contributed by atoms with Gasteiger partial charge in [0.1, 0.15) is 12.9 Å². The Morgan fingerprint density at radius 1 is 1.42 bits per heavy atom. The van der Waals surface area contributed by atoms with Gasteiger partial charge in [-0.15, -0.1) is 10.2 Å². The number of methoxy groups -OCH3 is 1. The quantitative estimate of drug-likeness (QED) is 0.900. The van der Waals surface area contributed by atoms with Gasteiger partial charge >= 0.3 is 0 Å². The summed E-state index contributed by atoms with van der Waals surface area (Å²) in [4.78, 5) is 0. The Morgan fingerprint density at radius 3 is 2.79 bits per heavy atom. The molecule has 0 unspecified atom stereocenters. The number of aryl methyl sites for hydroxylation is 1. The first-order valence-electron chi connectivity index (χ1n) is 5.68. The lowest BCUT2D eigenvalue weighted by Crippen LogP contribution is -2.07. The molecule has 0 fully saturated rings. The summed E-state index contributed by atoms with van der Waals surface area (Å²) >= 11 is 5.99. The predicted molar refractivity (Wildman–Crippen MR) is 71.2 cm³/mol. The second kappa shape index (κ2) is 5.90. The van der Waals surface area contributed by atoms with Crippen molar-refractivity contribution in [3.05, 3.63) is 34.9 Å². The van der Waals surface area contributed by atoms with Crippen LogP contribution in [0, 0.1) is 0 Å². The Bertz CT molecular complexity index is 546. The molecule has 6 nitrogen and oxygen atoms in total. The van der Waals surface area contributed by atoms with Crippen LogP contribution < -0.4 is 15.2 Å². The number of benzene rings is 1. The summed E-state index contributed by atoms with van der Waals surface area (Å²) < 4.78 is 12.8. The molecule has 0 aliphatic rings. The molecule has 7 heteroatoms. The molecule has 0 aliphatic carbocycles. The first-order chi connectivity index (χ1) is 9.15. The van der Waals surface area contributed by atoms with Gasteiger partial charge in [-0.25, -0.2) is 0 Å². The molecule has 1 aromatic heterocycles. The molecule has 0 atom stereocenters. The second-order valence-electron chi connectivity index (χ2n) is 3.95. The number of rotatable bonds is 5. The first-order valence-corrected chi connectivity index (χ1v) is 6.05. The van der Waals surface area contributed by atoms with E-state index in [1.54, 1.807) is 30.1 Å². The molecule has 2 aromatic rings. The lowest BCUT2D eigenvalue weighted by atomic mass is 10.2. The van der Waals surface area contributed by atoms with Crippen LogP contribution >= 0.6 is 11.6 Å². The zero-order valence-electron chi connectivity index (χ0n) is 10.8. The third kappa shape index (κ3) is 2.97. The highest BCUT2D eigenvalue weighted by molar-refractivity contribution is 6.30. The van der Waals surface area contributed by atoms with Gasteiger partial charge in [0, 0.05) is 30.2 Å². The van der Waals surface area contributed by atoms with Crippen molar-refractivity contribution in [1.82, 2.24) is 14.8 Å². The van der Waals surface area contributed by atoms with Crippen LogP contribution in [0.15, 0.2) is 18.5 Å². The minimum Gasteiger partial charge on any atom is -0.493 e. The predicted octanol–water partition coefficient (Wildman–Crippen LogP) is 1.51. The molecule has 0 saturated carbocycles. The smallest absolute Gasteiger partial charge is 0.170 e. The average molecular weight is 283 g/mol. The van der Waals surface area contributed by atoms with Crippen LogP contribution in [-0.4, -0.2) is 21.9 Å². The van der Waals surface area contributed by atoms with Gasteiger partial charge < -0.3 is 19.8 Å².